The van der Waals surface area contributed by atoms with Gasteiger partial charge >= 0.3 is 0 Å². The molecule has 3 aliphatic rings. The monoisotopic (exact) mass is 373 g/mol. The second-order valence-corrected chi connectivity index (χ2v) is 8.59. The number of aromatic nitrogens is 2. The largest absolute Gasteiger partial charge is 0.354 e. The van der Waals surface area contributed by atoms with Crippen LogP contribution in [0.1, 0.15) is 43.9 Å². The molecule has 2 bridgehead atoms. The molecule has 27 heavy (non-hydrogen) atoms. The number of rotatable bonds is 4. The Morgan fingerprint density at radius 1 is 1.33 bits per heavy atom. The molecular formula is C20H31N5O2. The third kappa shape index (κ3) is 3.49. The van der Waals surface area contributed by atoms with Crippen LogP contribution in [0.2, 0.25) is 0 Å². The van der Waals surface area contributed by atoms with E-state index < -0.39 is 0 Å². The van der Waals surface area contributed by atoms with Gasteiger partial charge < -0.3 is 10.2 Å². The molecule has 4 rings (SSSR count). The Hall–Kier alpha value is -1.89. The van der Waals surface area contributed by atoms with Gasteiger partial charge in [0.05, 0.1) is 12.2 Å². The Morgan fingerprint density at radius 3 is 2.81 bits per heavy atom. The number of carbonyl (C=O) groups excluding carboxylic acids is 2. The molecule has 3 saturated heterocycles. The van der Waals surface area contributed by atoms with Gasteiger partial charge in [-0.15, -0.1) is 0 Å². The average Bonchev–Trinajstić information content (AvgIpc) is 2.94. The summed E-state index contributed by atoms with van der Waals surface area (Å²) in [5, 5.41) is 7.37. The molecule has 4 atom stereocenters. The minimum atomic E-state index is -0.0169. The molecule has 4 heterocycles. The molecule has 1 aromatic heterocycles. The zero-order chi connectivity index (χ0) is 19.1. The van der Waals surface area contributed by atoms with Crippen LogP contribution in [0.15, 0.2) is 6.20 Å². The number of amides is 2. The summed E-state index contributed by atoms with van der Waals surface area (Å²) in [4.78, 5) is 28.9. The SMILES string of the molecule is CC(=O)NC[C@H]1[C@H]2C[C@H](CN(Cc3cnn(C)c3C)C2)[C@@H]2CCCC(=O)N21. The van der Waals surface area contributed by atoms with Crippen molar-refractivity contribution in [3.8, 4) is 0 Å². The van der Waals surface area contributed by atoms with Crippen molar-refractivity contribution in [3.05, 3.63) is 17.5 Å². The van der Waals surface area contributed by atoms with Crippen LogP contribution < -0.4 is 5.32 Å². The quantitative estimate of drug-likeness (QED) is 0.857. The maximum absolute atomic E-state index is 12.7. The van der Waals surface area contributed by atoms with Gasteiger partial charge in [-0.1, -0.05) is 0 Å². The van der Waals surface area contributed by atoms with Gasteiger partial charge in [-0.3, -0.25) is 19.2 Å². The fourth-order valence-electron chi connectivity index (χ4n) is 5.45. The molecule has 1 N–H and O–H groups in total. The van der Waals surface area contributed by atoms with Crippen molar-refractivity contribution in [2.75, 3.05) is 19.6 Å². The highest BCUT2D eigenvalue weighted by Gasteiger charge is 2.49. The van der Waals surface area contributed by atoms with Crippen molar-refractivity contribution in [2.45, 2.75) is 58.2 Å². The lowest BCUT2D eigenvalue weighted by atomic mass is 9.72. The molecule has 3 aliphatic heterocycles. The molecular weight excluding hydrogens is 342 g/mol. The van der Waals surface area contributed by atoms with Crippen LogP contribution in [0.3, 0.4) is 0 Å². The highest BCUT2D eigenvalue weighted by molar-refractivity contribution is 5.78. The number of hydrogen-bond acceptors (Lipinski definition) is 4. The number of aryl methyl sites for hydroxylation is 1. The summed E-state index contributed by atoms with van der Waals surface area (Å²) < 4.78 is 1.93. The van der Waals surface area contributed by atoms with Gasteiger partial charge in [0.25, 0.3) is 0 Å². The molecule has 7 nitrogen and oxygen atoms in total. The normalized spacial score (nSPS) is 30.9. The molecule has 0 aliphatic carbocycles. The Morgan fingerprint density at radius 2 is 2.11 bits per heavy atom. The first kappa shape index (κ1) is 18.5. The van der Waals surface area contributed by atoms with Gasteiger partial charge in [0.15, 0.2) is 0 Å². The summed E-state index contributed by atoms with van der Waals surface area (Å²) >= 11 is 0. The molecule has 2 amide bonds. The van der Waals surface area contributed by atoms with Crippen LogP contribution in [0.5, 0.6) is 0 Å². The predicted molar refractivity (Wildman–Crippen MR) is 102 cm³/mol. The van der Waals surface area contributed by atoms with Crippen LogP contribution >= 0.6 is 0 Å². The molecule has 0 radical (unpaired) electrons. The lowest BCUT2D eigenvalue weighted by Gasteiger charge is -2.56. The predicted octanol–water partition coefficient (Wildman–Crippen LogP) is 1.07. The van der Waals surface area contributed by atoms with E-state index in [2.05, 4.69) is 27.1 Å². The molecule has 0 aromatic carbocycles. The van der Waals surface area contributed by atoms with Gasteiger partial charge in [-0.2, -0.15) is 5.10 Å². The number of hydrogen-bond donors (Lipinski definition) is 1. The van der Waals surface area contributed by atoms with Gasteiger partial charge in [0.2, 0.25) is 11.8 Å². The van der Waals surface area contributed by atoms with Crippen LogP contribution in [-0.4, -0.2) is 63.1 Å². The van der Waals surface area contributed by atoms with E-state index in [-0.39, 0.29) is 17.9 Å². The van der Waals surface area contributed by atoms with Crippen molar-refractivity contribution in [2.24, 2.45) is 18.9 Å². The second kappa shape index (κ2) is 7.26. The van der Waals surface area contributed by atoms with E-state index in [4.69, 9.17) is 0 Å². The van der Waals surface area contributed by atoms with E-state index in [0.717, 1.165) is 32.5 Å². The van der Waals surface area contributed by atoms with Gasteiger partial charge in [0.1, 0.15) is 0 Å². The summed E-state index contributed by atoms with van der Waals surface area (Å²) in [5.41, 5.74) is 2.50. The van der Waals surface area contributed by atoms with Crippen LogP contribution in [0, 0.1) is 18.8 Å². The Kier molecular flexibility index (Phi) is 4.97. The zero-order valence-electron chi connectivity index (χ0n) is 16.6. The summed E-state index contributed by atoms with van der Waals surface area (Å²) in [7, 11) is 1.98. The Labute approximate surface area is 161 Å². The van der Waals surface area contributed by atoms with Crippen molar-refractivity contribution in [3.63, 3.8) is 0 Å². The summed E-state index contributed by atoms with van der Waals surface area (Å²) in [6, 6.07) is 0.458. The van der Waals surface area contributed by atoms with Crippen LogP contribution in [0.4, 0.5) is 0 Å². The molecule has 3 fully saturated rings. The molecule has 1 aromatic rings. The van der Waals surface area contributed by atoms with Crippen molar-refractivity contribution < 1.29 is 9.59 Å². The molecule has 0 spiro atoms. The Balaban J connectivity index is 1.55. The minimum absolute atomic E-state index is 0.0169. The maximum atomic E-state index is 12.7. The summed E-state index contributed by atoms with van der Waals surface area (Å²) in [5.74, 6) is 1.23. The van der Waals surface area contributed by atoms with Crippen LogP contribution in [0.25, 0.3) is 0 Å². The van der Waals surface area contributed by atoms with E-state index in [1.807, 2.05) is 17.9 Å². The standard InChI is InChI=1S/C20H31N5O2/c1-13-17(8-22-23(13)3)12-24-10-15-7-16(11-24)19(9-21-14(2)26)25-18(15)5-4-6-20(25)27/h8,15-16,18-19H,4-7,9-12H2,1-3H3,(H,21,26)/t15-,16+,18+,19+/m1/s1. The highest BCUT2D eigenvalue weighted by Crippen LogP contribution is 2.41. The zero-order valence-corrected chi connectivity index (χ0v) is 16.6. The maximum Gasteiger partial charge on any atom is 0.223 e. The smallest absolute Gasteiger partial charge is 0.223 e. The topological polar surface area (TPSA) is 70.5 Å². The van der Waals surface area contributed by atoms with Gasteiger partial charge in [-0.25, -0.2) is 0 Å². The average molecular weight is 374 g/mol. The van der Waals surface area contributed by atoms with Gasteiger partial charge in [0, 0.05) is 63.9 Å². The number of carbonyl (C=O) groups is 2. The lowest BCUT2D eigenvalue weighted by Crippen LogP contribution is -2.66. The molecule has 0 saturated carbocycles. The number of nitrogens with zero attached hydrogens (tertiary/aromatic N) is 4. The van der Waals surface area contributed by atoms with Crippen LogP contribution in [-0.2, 0) is 23.2 Å². The number of nitrogens with one attached hydrogen (secondary N) is 1. The van der Waals surface area contributed by atoms with Gasteiger partial charge in [-0.05, 0) is 38.0 Å². The molecule has 148 valence electrons. The fourth-order valence-corrected chi connectivity index (χ4v) is 5.45. The number of likely N-dealkylation sites (tertiary alicyclic amines) is 1. The van der Waals surface area contributed by atoms with Crippen molar-refractivity contribution in [1.82, 2.24) is 24.9 Å². The first-order valence-electron chi connectivity index (χ1n) is 10.2. The Bertz CT molecular complexity index is 730. The third-order valence-electron chi connectivity index (χ3n) is 6.86. The first-order valence-corrected chi connectivity index (χ1v) is 10.2. The third-order valence-corrected chi connectivity index (χ3v) is 6.86. The van der Waals surface area contributed by atoms with E-state index in [0.29, 0.717) is 30.8 Å². The fraction of sp³-hybridized carbons (Fsp3) is 0.750. The second-order valence-electron chi connectivity index (χ2n) is 8.59. The summed E-state index contributed by atoms with van der Waals surface area (Å²) in [6.45, 7) is 7.19. The van der Waals surface area contributed by atoms with E-state index in [9.17, 15) is 9.59 Å². The highest BCUT2D eigenvalue weighted by atomic mass is 16.2. The van der Waals surface area contributed by atoms with Crippen molar-refractivity contribution >= 4 is 11.8 Å². The first-order chi connectivity index (χ1) is 12.9. The van der Waals surface area contributed by atoms with E-state index >= 15 is 0 Å². The number of fused-ring (bicyclic) bond motifs is 4. The molecule has 0 unspecified atom stereocenters. The lowest BCUT2D eigenvalue weighted by molar-refractivity contribution is -0.153. The molecule has 7 heteroatoms. The van der Waals surface area contributed by atoms with E-state index in [1.165, 1.54) is 17.7 Å². The van der Waals surface area contributed by atoms with Crippen molar-refractivity contribution in [1.29, 1.82) is 0 Å². The van der Waals surface area contributed by atoms with E-state index in [1.54, 1.807) is 6.92 Å². The number of piperidine rings is 3. The summed E-state index contributed by atoms with van der Waals surface area (Å²) in [6.07, 6.45) is 5.90. The minimum Gasteiger partial charge on any atom is -0.354 e.